The van der Waals surface area contributed by atoms with Crippen LogP contribution in [0.15, 0.2) is 18.2 Å². The first kappa shape index (κ1) is 13.6. The fraction of sp³-hybridized carbons (Fsp3) is 0.538. The quantitative estimate of drug-likeness (QED) is 0.644. The molecule has 1 unspecified atom stereocenters. The summed E-state index contributed by atoms with van der Waals surface area (Å²) in [6.45, 7) is 2.06. The van der Waals surface area contributed by atoms with Gasteiger partial charge in [0, 0.05) is 23.9 Å². The van der Waals surface area contributed by atoms with Gasteiger partial charge in [-0.15, -0.1) is 0 Å². The predicted octanol–water partition coefficient (Wildman–Crippen LogP) is 2.16. The molecule has 0 spiro atoms. The average molecular weight is 265 g/mol. The summed E-state index contributed by atoms with van der Waals surface area (Å²) in [4.78, 5) is 10.4. The number of hydrogen-bond acceptors (Lipinski definition) is 5. The Labute approximate surface area is 112 Å². The monoisotopic (exact) mass is 265 g/mol. The molecule has 1 aliphatic heterocycles. The highest BCUT2D eigenvalue weighted by atomic mass is 16.6. The van der Waals surface area contributed by atoms with Crippen molar-refractivity contribution >= 4 is 11.4 Å². The van der Waals surface area contributed by atoms with Crippen molar-refractivity contribution in [3.05, 3.63) is 28.3 Å². The van der Waals surface area contributed by atoms with E-state index in [0.29, 0.717) is 11.8 Å². The van der Waals surface area contributed by atoms with Crippen molar-refractivity contribution < 1.29 is 9.66 Å². The van der Waals surface area contributed by atoms with Crippen LogP contribution in [0.3, 0.4) is 0 Å². The van der Waals surface area contributed by atoms with Gasteiger partial charge in [0.1, 0.15) is 0 Å². The molecule has 104 valence electrons. The number of nitro groups is 1. The fourth-order valence-electron chi connectivity index (χ4n) is 2.32. The van der Waals surface area contributed by atoms with E-state index < -0.39 is 4.92 Å². The second-order valence-electron chi connectivity index (χ2n) is 4.67. The first-order chi connectivity index (χ1) is 9.20. The number of hydrogen-bond donors (Lipinski definition) is 2. The normalized spacial score (nSPS) is 19.5. The van der Waals surface area contributed by atoms with E-state index in [9.17, 15) is 10.1 Å². The molecule has 1 aromatic carbocycles. The van der Waals surface area contributed by atoms with E-state index in [4.69, 9.17) is 4.74 Å². The fourth-order valence-corrected chi connectivity index (χ4v) is 2.32. The summed E-state index contributed by atoms with van der Waals surface area (Å²) in [5, 5.41) is 17.6. The van der Waals surface area contributed by atoms with E-state index in [2.05, 4.69) is 10.6 Å². The van der Waals surface area contributed by atoms with Crippen molar-refractivity contribution in [1.29, 1.82) is 0 Å². The van der Waals surface area contributed by atoms with Gasteiger partial charge < -0.3 is 15.4 Å². The van der Waals surface area contributed by atoms with Crippen molar-refractivity contribution in [2.75, 3.05) is 25.5 Å². The zero-order valence-corrected chi connectivity index (χ0v) is 11.0. The lowest BCUT2D eigenvalue weighted by Crippen LogP contribution is -2.21. The minimum atomic E-state index is -0.432. The van der Waals surface area contributed by atoms with Crippen LogP contribution in [0.25, 0.3) is 0 Å². The largest absolute Gasteiger partial charge is 0.490 e. The molecular weight excluding hydrogens is 246 g/mol. The molecule has 1 saturated heterocycles. The van der Waals surface area contributed by atoms with Crippen LogP contribution < -0.4 is 15.4 Å². The molecule has 2 N–H and O–H groups in total. The number of benzene rings is 1. The lowest BCUT2D eigenvalue weighted by Gasteiger charge is -2.17. The third kappa shape index (κ3) is 3.57. The molecule has 6 nitrogen and oxygen atoms in total. The first-order valence-corrected chi connectivity index (χ1v) is 6.50. The molecule has 1 aliphatic rings. The molecule has 1 aromatic rings. The molecule has 6 heteroatoms. The van der Waals surface area contributed by atoms with Crippen LogP contribution in [0.2, 0.25) is 0 Å². The van der Waals surface area contributed by atoms with Crippen molar-refractivity contribution in [3.8, 4) is 5.75 Å². The predicted molar refractivity (Wildman–Crippen MR) is 73.8 cm³/mol. The molecule has 0 saturated carbocycles. The summed E-state index contributed by atoms with van der Waals surface area (Å²) in [7, 11) is 1.45. The number of nitrogens with one attached hydrogen (secondary N) is 2. The van der Waals surface area contributed by atoms with Gasteiger partial charge in [-0.05, 0) is 38.4 Å². The van der Waals surface area contributed by atoms with Gasteiger partial charge >= 0.3 is 5.69 Å². The van der Waals surface area contributed by atoms with E-state index in [1.807, 2.05) is 0 Å². The Morgan fingerprint density at radius 2 is 2.26 bits per heavy atom. The zero-order chi connectivity index (χ0) is 13.7. The van der Waals surface area contributed by atoms with E-state index in [-0.39, 0.29) is 5.69 Å². The third-order valence-electron chi connectivity index (χ3n) is 3.32. The van der Waals surface area contributed by atoms with Crippen LogP contribution in [0, 0.1) is 10.1 Å². The summed E-state index contributed by atoms with van der Waals surface area (Å²) >= 11 is 0. The number of nitrogens with zero attached hydrogens (tertiary/aromatic N) is 1. The minimum absolute atomic E-state index is 0.00409. The van der Waals surface area contributed by atoms with Crippen LogP contribution >= 0.6 is 0 Å². The summed E-state index contributed by atoms with van der Waals surface area (Å²) in [5.74, 6) is 0.293. The highest BCUT2D eigenvalue weighted by molar-refractivity contribution is 5.58. The second kappa shape index (κ2) is 6.38. The van der Waals surface area contributed by atoms with Gasteiger partial charge in [0.2, 0.25) is 0 Å². The first-order valence-electron chi connectivity index (χ1n) is 6.50. The van der Waals surface area contributed by atoms with Crippen molar-refractivity contribution in [2.24, 2.45) is 0 Å². The van der Waals surface area contributed by atoms with Crippen LogP contribution in [-0.2, 0) is 0 Å². The standard InChI is InChI=1S/C13H19N3O3/c1-19-13-9-11(4-5-12(13)16(17)18)15-10-3-2-7-14-8-6-10/h4-5,9-10,14-15H,2-3,6-8H2,1H3. The number of anilines is 1. The van der Waals surface area contributed by atoms with Gasteiger partial charge in [0.05, 0.1) is 12.0 Å². The van der Waals surface area contributed by atoms with E-state index in [1.54, 1.807) is 12.1 Å². The Hall–Kier alpha value is -1.82. The molecule has 1 heterocycles. The Morgan fingerprint density at radius 1 is 1.42 bits per heavy atom. The van der Waals surface area contributed by atoms with Gasteiger partial charge in [-0.1, -0.05) is 0 Å². The molecule has 0 aromatic heterocycles. The topological polar surface area (TPSA) is 76.4 Å². The Balaban J connectivity index is 2.09. The molecule has 2 rings (SSSR count). The summed E-state index contributed by atoms with van der Waals surface area (Å²) < 4.78 is 5.07. The molecule has 1 atom stereocenters. The van der Waals surface area contributed by atoms with Gasteiger partial charge in [0.25, 0.3) is 0 Å². The number of ether oxygens (including phenoxy) is 1. The number of rotatable bonds is 4. The average Bonchev–Trinajstić information content (AvgIpc) is 2.67. The Morgan fingerprint density at radius 3 is 3.00 bits per heavy atom. The van der Waals surface area contributed by atoms with Crippen molar-refractivity contribution in [3.63, 3.8) is 0 Å². The molecule has 1 fully saturated rings. The number of nitro benzene ring substituents is 1. The van der Waals surface area contributed by atoms with Gasteiger partial charge in [-0.2, -0.15) is 0 Å². The molecular formula is C13H19N3O3. The van der Waals surface area contributed by atoms with Crippen molar-refractivity contribution in [2.45, 2.75) is 25.3 Å². The van der Waals surface area contributed by atoms with E-state index in [0.717, 1.165) is 38.0 Å². The molecule has 0 bridgehead atoms. The second-order valence-corrected chi connectivity index (χ2v) is 4.67. The SMILES string of the molecule is COc1cc(NC2CCCNCC2)ccc1[N+](=O)[O-]. The van der Waals surface area contributed by atoms with Crippen LogP contribution in [0.5, 0.6) is 5.75 Å². The van der Waals surface area contributed by atoms with Crippen LogP contribution in [-0.4, -0.2) is 31.2 Å². The molecule has 19 heavy (non-hydrogen) atoms. The Kier molecular flexibility index (Phi) is 4.57. The van der Waals surface area contributed by atoms with Crippen LogP contribution in [0.4, 0.5) is 11.4 Å². The molecule has 0 amide bonds. The van der Waals surface area contributed by atoms with Gasteiger partial charge in [0.15, 0.2) is 5.75 Å². The van der Waals surface area contributed by atoms with Gasteiger partial charge in [-0.25, -0.2) is 0 Å². The van der Waals surface area contributed by atoms with Gasteiger partial charge in [-0.3, -0.25) is 10.1 Å². The van der Waals surface area contributed by atoms with E-state index in [1.165, 1.54) is 13.2 Å². The smallest absolute Gasteiger partial charge is 0.311 e. The minimum Gasteiger partial charge on any atom is -0.490 e. The van der Waals surface area contributed by atoms with Crippen LogP contribution in [0.1, 0.15) is 19.3 Å². The summed E-state index contributed by atoms with van der Waals surface area (Å²) in [5.41, 5.74) is 0.866. The summed E-state index contributed by atoms with van der Waals surface area (Å²) in [6.07, 6.45) is 3.30. The van der Waals surface area contributed by atoms with E-state index >= 15 is 0 Å². The Bertz CT molecular complexity index is 443. The lowest BCUT2D eigenvalue weighted by molar-refractivity contribution is -0.385. The zero-order valence-electron chi connectivity index (χ0n) is 11.0. The lowest BCUT2D eigenvalue weighted by atomic mass is 10.1. The molecule has 0 aliphatic carbocycles. The maximum Gasteiger partial charge on any atom is 0.311 e. The maximum atomic E-state index is 10.8. The maximum absolute atomic E-state index is 10.8. The third-order valence-corrected chi connectivity index (χ3v) is 3.32. The van der Waals surface area contributed by atoms with Crippen molar-refractivity contribution in [1.82, 2.24) is 5.32 Å². The number of methoxy groups -OCH3 is 1. The summed E-state index contributed by atoms with van der Waals surface area (Å²) in [6, 6.07) is 5.31. The highest BCUT2D eigenvalue weighted by Gasteiger charge is 2.16. The highest BCUT2D eigenvalue weighted by Crippen LogP contribution is 2.30. The molecule has 0 radical (unpaired) electrons.